The van der Waals surface area contributed by atoms with Gasteiger partial charge in [0.1, 0.15) is 0 Å². The first-order valence-electron chi connectivity index (χ1n) is 7.64. The first-order chi connectivity index (χ1) is 11.6. The highest BCUT2D eigenvalue weighted by atomic mass is 35.5. The molecule has 1 spiro atoms. The van der Waals surface area contributed by atoms with Crippen LogP contribution in [0.1, 0.15) is 17.5 Å². The van der Waals surface area contributed by atoms with Gasteiger partial charge in [-0.3, -0.25) is 9.59 Å². The van der Waals surface area contributed by atoms with Crippen LogP contribution in [0.5, 0.6) is 0 Å². The summed E-state index contributed by atoms with van der Waals surface area (Å²) in [6, 6.07) is 15.0. The zero-order chi connectivity index (χ0) is 16.7. The topological polar surface area (TPSA) is 46.6 Å². The predicted molar refractivity (Wildman–Crippen MR) is 90.6 cm³/mol. The van der Waals surface area contributed by atoms with E-state index in [9.17, 15) is 9.59 Å². The van der Waals surface area contributed by atoms with Crippen LogP contribution in [0.25, 0.3) is 0 Å². The van der Waals surface area contributed by atoms with Gasteiger partial charge in [0, 0.05) is 11.6 Å². The second kappa shape index (κ2) is 5.49. The highest BCUT2D eigenvalue weighted by Crippen LogP contribution is 2.50. The summed E-state index contributed by atoms with van der Waals surface area (Å²) in [5.41, 5.74) is 0.908. The number of nitrogens with zero attached hydrogens (tertiary/aromatic N) is 1. The van der Waals surface area contributed by atoms with E-state index in [1.807, 2.05) is 36.4 Å². The largest absolute Gasteiger partial charge is 0.479 e. The van der Waals surface area contributed by atoms with Crippen molar-refractivity contribution in [2.24, 2.45) is 0 Å². The first-order valence-corrected chi connectivity index (χ1v) is 8.02. The lowest BCUT2D eigenvalue weighted by Gasteiger charge is -2.29. The fourth-order valence-corrected chi connectivity index (χ4v) is 3.66. The van der Waals surface area contributed by atoms with Crippen molar-refractivity contribution in [1.29, 1.82) is 0 Å². The molecular formula is C19H14ClNO3. The van der Waals surface area contributed by atoms with Gasteiger partial charge in [0.15, 0.2) is 5.78 Å². The van der Waals surface area contributed by atoms with Crippen LogP contribution < -0.4 is 4.90 Å². The number of ketones is 1. The van der Waals surface area contributed by atoms with E-state index in [4.69, 9.17) is 16.3 Å². The van der Waals surface area contributed by atoms with Crippen molar-refractivity contribution in [2.75, 3.05) is 4.90 Å². The second-order valence-corrected chi connectivity index (χ2v) is 6.31. The molecule has 0 N–H and O–H groups in total. The number of rotatable bonds is 2. The van der Waals surface area contributed by atoms with E-state index in [-0.39, 0.29) is 18.1 Å². The molecule has 2 aromatic rings. The van der Waals surface area contributed by atoms with Gasteiger partial charge in [-0.25, -0.2) is 0 Å². The van der Waals surface area contributed by atoms with Crippen molar-refractivity contribution >= 4 is 29.0 Å². The molecule has 1 amide bonds. The normalized spacial score (nSPS) is 22.0. The van der Waals surface area contributed by atoms with E-state index in [0.29, 0.717) is 22.8 Å². The standard InChI is InChI=1S/C19H14ClNO3/c20-15-7-4-8-16-17(15)19(11-14(22)9-10-24-19)18(23)21(16)12-13-5-2-1-3-6-13/h1-10H,11-12H2. The lowest BCUT2D eigenvalue weighted by atomic mass is 9.88. The fraction of sp³-hybridized carbons (Fsp3) is 0.158. The van der Waals surface area contributed by atoms with E-state index in [1.165, 1.54) is 12.3 Å². The molecule has 0 radical (unpaired) electrons. The molecule has 2 aliphatic heterocycles. The molecule has 24 heavy (non-hydrogen) atoms. The minimum atomic E-state index is -1.35. The van der Waals surface area contributed by atoms with Crippen LogP contribution in [-0.4, -0.2) is 11.7 Å². The quantitative estimate of drug-likeness (QED) is 0.840. The van der Waals surface area contributed by atoms with Gasteiger partial charge in [0.25, 0.3) is 5.91 Å². The number of halogens is 1. The summed E-state index contributed by atoms with van der Waals surface area (Å²) in [6.07, 6.45) is 2.60. The molecule has 2 heterocycles. The lowest BCUT2D eigenvalue weighted by molar-refractivity contribution is -0.143. The summed E-state index contributed by atoms with van der Waals surface area (Å²) in [4.78, 5) is 26.8. The molecule has 4 rings (SSSR count). The Morgan fingerprint density at radius 1 is 1.08 bits per heavy atom. The van der Waals surface area contributed by atoms with Crippen LogP contribution in [-0.2, 0) is 26.5 Å². The molecule has 2 aromatic carbocycles. The Bertz CT molecular complexity index is 862. The van der Waals surface area contributed by atoms with E-state index in [1.54, 1.807) is 17.0 Å². The summed E-state index contributed by atoms with van der Waals surface area (Å²) in [6.45, 7) is 0.399. The van der Waals surface area contributed by atoms with Gasteiger partial charge in [0.2, 0.25) is 5.60 Å². The Morgan fingerprint density at radius 3 is 2.62 bits per heavy atom. The van der Waals surface area contributed by atoms with Crippen LogP contribution in [0.2, 0.25) is 5.02 Å². The van der Waals surface area contributed by atoms with Crippen LogP contribution in [0, 0.1) is 0 Å². The van der Waals surface area contributed by atoms with Crippen molar-refractivity contribution in [3.8, 4) is 0 Å². The second-order valence-electron chi connectivity index (χ2n) is 5.90. The van der Waals surface area contributed by atoms with E-state index in [0.717, 1.165) is 5.56 Å². The number of hydrogen-bond donors (Lipinski definition) is 0. The van der Waals surface area contributed by atoms with E-state index in [2.05, 4.69) is 0 Å². The fourth-order valence-electron chi connectivity index (χ4n) is 3.34. The molecule has 5 heteroatoms. The average molecular weight is 340 g/mol. The Labute approximate surface area is 144 Å². The Balaban J connectivity index is 1.84. The summed E-state index contributed by atoms with van der Waals surface area (Å²) in [5.74, 6) is -0.408. The van der Waals surface area contributed by atoms with Gasteiger partial charge in [-0.15, -0.1) is 0 Å². The molecule has 2 aliphatic rings. The van der Waals surface area contributed by atoms with Crippen LogP contribution in [0.15, 0.2) is 60.9 Å². The summed E-state index contributed by atoms with van der Waals surface area (Å²) < 4.78 is 5.71. The number of carbonyl (C=O) groups excluding carboxylic acids is 2. The van der Waals surface area contributed by atoms with Crippen LogP contribution in [0.4, 0.5) is 5.69 Å². The smallest absolute Gasteiger partial charge is 0.276 e. The highest BCUT2D eigenvalue weighted by molar-refractivity contribution is 6.33. The first kappa shape index (κ1) is 15.0. The van der Waals surface area contributed by atoms with Crippen molar-refractivity contribution < 1.29 is 14.3 Å². The maximum absolute atomic E-state index is 13.2. The number of hydrogen-bond acceptors (Lipinski definition) is 3. The highest BCUT2D eigenvalue weighted by Gasteiger charge is 2.55. The minimum Gasteiger partial charge on any atom is -0.479 e. The monoisotopic (exact) mass is 339 g/mol. The number of carbonyl (C=O) groups is 2. The Morgan fingerprint density at radius 2 is 1.88 bits per heavy atom. The Hall–Kier alpha value is -2.59. The third kappa shape index (κ3) is 2.14. The predicted octanol–water partition coefficient (Wildman–Crippen LogP) is 3.59. The summed E-state index contributed by atoms with van der Waals surface area (Å²) in [5, 5.41) is 0.430. The van der Waals surface area contributed by atoms with E-state index >= 15 is 0 Å². The van der Waals surface area contributed by atoms with Crippen molar-refractivity contribution in [3.63, 3.8) is 0 Å². The molecule has 0 aliphatic carbocycles. The number of ether oxygens (including phenoxy) is 1. The third-order valence-electron chi connectivity index (χ3n) is 4.41. The maximum Gasteiger partial charge on any atom is 0.276 e. The molecule has 0 saturated carbocycles. The van der Waals surface area contributed by atoms with Gasteiger partial charge in [-0.2, -0.15) is 0 Å². The molecule has 0 fully saturated rings. The van der Waals surface area contributed by atoms with Gasteiger partial charge < -0.3 is 9.64 Å². The van der Waals surface area contributed by atoms with Crippen LogP contribution >= 0.6 is 11.6 Å². The van der Waals surface area contributed by atoms with Gasteiger partial charge in [-0.1, -0.05) is 48.0 Å². The SMILES string of the molecule is O=C1C=COC2(C1)C(=O)N(Cc1ccccc1)c1cccc(Cl)c12. The third-order valence-corrected chi connectivity index (χ3v) is 4.72. The molecule has 0 saturated heterocycles. The Kier molecular flexibility index (Phi) is 3.43. The van der Waals surface area contributed by atoms with Crippen molar-refractivity contribution in [2.45, 2.75) is 18.6 Å². The zero-order valence-corrected chi connectivity index (χ0v) is 13.5. The van der Waals surface area contributed by atoms with Gasteiger partial charge >= 0.3 is 0 Å². The number of allylic oxidation sites excluding steroid dienone is 1. The number of amides is 1. The van der Waals surface area contributed by atoms with Gasteiger partial charge in [-0.05, 0) is 17.7 Å². The van der Waals surface area contributed by atoms with E-state index < -0.39 is 5.60 Å². The lowest BCUT2D eigenvalue weighted by Crippen LogP contribution is -2.44. The van der Waals surface area contributed by atoms with Crippen molar-refractivity contribution in [1.82, 2.24) is 0 Å². The summed E-state index contributed by atoms with van der Waals surface area (Å²) >= 11 is 6.38. The maximum atomic E-state index is 13.2. The summed E-state index contributed by atoms with van der Waals surface area (Å²) in [7, 11) is 0. The molecular weight excluding hydrogens is 326 g/mol. The number of fused-ring (bicyclic) bond motifs is 2. The number of benzene rings is 2. The molecule has 4 nitrogen and oxygen atoms in total. The average Bonchev–Trinajstić information content (AvgIpc) is 2.79. The van der Waals surface area contributed by atoms with Crippen LogP contribution in [0.3, 0.4) is 0 Å². The molecule has 120 valence electrons. The minimum absolute atomic E-state index is 0.0373. The number of anilines is 1. The van der Waals surface area contributed by atoms with Crippen molar-refractivity contribution in [3.05, 3.63) is 77.0 Å². The molecule has 0 bridgehead atoms. The molecule has 1 unspecified atom stereocenters. The zero-order valence-electron chi connectivity index (χ0n) is 12.7. The molecule has 1 atom stereocenters. The molecule has 0 aromatic heterocycles. The van der Waals surface area contributed by atoms with Gasteiger partial charge in [0.05, 0.1) is 29.9 Å².